The van der Waals surface area contributed by atoms with E-state index < -0.39 is 17.0 Å². The number of rotatable bonds is 5. The van der Waals surface area contributed by atoms with E-state index in [1.165, 1.54) is 0 Å². The van der Waals surface area contributed by atoms with Crippen LogP contribution in [0.1, 0.15) is 22.6 Å². The molecule has 12 heteroatoms. The molecule has 0 aliphatic rings. The van der Waals surface area contributed by atoms with Crippen molar-refractivity contribution < 1.29 is 0 Å². The number of nitrogen functional groups attached to an aromatic ring is 2. The third-order valence-electron chi connectivity index (χ3n) is 5.72. The molecule has 0 aliphatic carbocycles. The Hall–Kier alpha value is -4.55. The molecule has 36 heavy (non-hydrogen) atoms. The first-order chi connectivity index (χ1) is 17.3. The Kier molecular flexibility index (Phi) is 5.96. The van der Waals surface area contributed by atoms with Gasteiger partial charge < -0.3 is 21.4 Å². The van der Waals surface area contributed by atoms with Crippen molar-refractivity contribution >= 4 is 36.1 Å². The number of aromatic amines is 4. The summed E-state index contributed by atoms with van der Waals surface area (Å²) in [6, 6.07) is 18.8. The number of hydrogen-bond donors (Lipinski definition) is 6. The third kappa shape index (κ3) is 4.19. The molecule has 0 amide bonds. The minimum absolute atomic E-state index is 0.00136. The van der Waals surface area contributed by atoms with Crippen LogP contribution in [0.2, 0.25) is 0 Å². The summed E-state index contributed by atoms with van der Waals surface area (Å²) in [5, 5.41) is 4.83. The first-order valence-electron chi connectivity index (χ1n) is 10.8. The Labute approximate surface area is 213 Å². The third-order valence-corrected chi connectivity index (χ3v) is 6.13. The number of nitrogens with one attached hydrogen (secondary N) is 4. The molecule has 5 aromatic rings. The molecule has 3 aromatic heterocycles. The van der Waals surface area contributed by atoms with Gasteiger partial charge in [-0.15, -0.1) is 0 Å². The van der Waals surface area contributed by atoms with Crippen molar-refractivity contribution in [2.75, 3.05) is 11.5 Å². The van der Waals surface area contributed by atoms with Crippen molar-refractivity contribution in [2.24, 2.45) is 0 Å². The number of nitrogens with two attached hydrogens (primary N) is 2. The largest absolute Gasteiger partial charge is 0.385 e. The van der Waals surface area contributed by atoms with E-state index in [1.54, 1.807) is 10.9 Å². The van der Waals surface area contributed by atoms with Crippen LogP contribution >= 0.6 is 24.4 Å². The zero-order chi connectivity index (χ0) is 25.4. The SMILES string of the molecule is Nc1[nH]c(=S)[nH]c(=O)c1C(c1cn(-c2ccccc2)nc1-c1ccccc1)c1c(N)[nH]c(=S)[nH]c1=O. The second-order valence-corrected chi connectivity index (χ2v) is 8.80. The minimum atomic E-state index is -1.02. The van der Waals surface area contributed by atoms with Gasteiger partial charge in [-0.25, -0.2) is 4.68 Å². The number of benzene rings is 2. The van der Waals surface area contributed by atoms with Gasteiger partial charge in [-0.2, -0.15) is 5.10 Å². The van der Waals surface area contributed by atoms with Crippen LogP contribution in [-0.4, -0.2) is 29.7 Å². The average Bonchev–Trinajstić information content (AvgIpc) is 3.28. The van der Waals surface area contributed by atoms with Gasteiger partial charge in [-0.1, -0.05) is 48.5 Å². The molecule has 0 unspecified atom stereocenters. The van der Waals surface area contributed by atoms with Gasteiger partial charge in [0.25, 0.3) is 11.1 Å². The number of para-hydroxylation sites is 1. The van der Waals surface area contributed by atoms with Crippen LogP contribution in [0.4, 0.5) is 11.6 Å². The van der Waals surface area contributed by atoms with Crippen molar-refractivity contribution in [3.05, 3.63) is 114 Å². The quantitative estimate of drug-likeness (QED) is 0.195. The summed E-state index contributed by atoms with van der Waals surface area (Å²) in [6.45, 7) is 0. The normalized spacial score (nSPS) is 11.1. The van der Waals surface area contributed by atoms with Crippen LogP contribution in [0.25, 0.3) is 16.9 Å². The van der Waals surface area contributed by atoms with Gasteiger partial charge in [0.15, 0.2) is 9.54 Å². The van der Waals surface area contributed by atoms with Crippen LogP contribution < -0.4 is 22.6 Å². The lowest BCUT2D eigenvalue weighted by Gasteiger charge is -2.19. The standard InChI is InChI=1S/C24H20N8O2S2/c25-19-16(21(33)29-23(35)27-19)15(17-20(26)28-24(36)30-22(17)34)14-11-32(13-9-5-2-6-10-13)31-18(14)12-7-3-1-4-8-12/h1-11,15H,(H4,25,27,29,33,35)(H4,26,28,30,34,36). The molecule has 0 fully saturated rings. The lowest BCUT2D eigenvalue weighted by molar-refractivity contribution is 0.871. The zero-order valence-corrected chi connectivity index (χ0v) is 20.2. The van der Waals surface area contributed by atoms with E-state index in [2.05, 4.69) is 19.9 Å². The van der Waals surface area contributed by atoms with E-state index in [1.807, 2.05) is 60.7 Å². The number of aromatic nitrogens is 6. The topological polar surface area (TPSA) is 167 Å². The molecule has 0 radical (unpaired) electrons. The van der Waals surface area contributed by atoms with E-state index in [0.29, 0.717) is 11.3 Å². The van der Waals surface area contributed by atoms with Crippen molar-refractivity contribution in [2.45, 2.75) is 5.92 Å². The fraction of sp³-hybridized carbons (Fsp3) is 0.0417. The molecule has 0 bridgehead atoms. The van der Waals surface area contributed by atoms with Crippen LogP contribution in [0.15, 0.2) is 76.4 Å². The fourth-order valence-electron chi connectivity index (χ4n) is 4.19. The van der Waals surface area contributed by atoms with Crippen molar-refractivity contribution in [3.63, 3.8) is 0 Å². The molecule has 2 aromatic carbocycles. The first-order valence-corrected chi connectivity index (χ1v) is 11.6. The van der Waals surface area contributed by atoms with Crippen molar-refractivity contribution in [1.82, 2.24) is 29.7 Å². The molecule has 8 N–H and O–H groups in total. The number of hydrogen-bond acceptors (Lipinski definition) is 7. The highest BCUT2D eigenvalue weighted by atomic mass is 32.1. The lowest BCUT2D eigenvalue weighted by atomic mass is 9.85. The summed E-state index contributed by atoms with van der Waals surface area (Å²) in [5.74, 6) is -1.02. The van der Waals surface area contributed by atoms with Crippen LogP contribution in [0.5, 0.6) is 0 Å². The predicted octanol–water partition coefficient (Wildman–Crippen LogP) is 3.38. The molecular formula is C24H20N8O2S2. The molecule has 3 heterocycles. The second kappa shape index (κ2) is 9.24. The molecule has 0 saturated heterocycles. The second-order valence-electron chi connectivity index (χ2n) is 7.98. The maximum atomic E-state index is 13.2. The first kappa shape index (κ1) is 23.2. The van der Waals surface area contributed by atoms with Gasteiger partial charge in [0.2, 0.25) is 0 Å². The summed E-state index contributed by atoms with van der Waals surface area (Å²) in [5.41, 5.74) is 14.2. The molecule has 0 atom stereocenters. The Balaban J connectivity index is 1.91. The van der Waals surface area contributed by atoms with Gasteiger partial charge in [0, 0.05) is 17.3 Å². The molecule has 0 aliphatic heterocycles. The van der Waals surface area contributed by atoms with Crippen molar-refractivity contribution in [1.29, 1.82) is 0 Å². The van der Waals surface area contributed by atoms with Gasteiger partial charge in [0.05, 0.1) is 28.4 Å². The van der Waals surface area contributed by atoms with Crippen LogP contribution in [0.3, 0.4) is 0 Å². The van der Waals surface area contributed by atoms with Crippen LogP contribution in [0, 0.1) is 9.54 Å². The maximum absolute atomic E-state index is 13.2. The number of H-pyrrole nitrogens is 4. The summed E-state index contributed by atoms with van der Waals surface area (Å²) in [7, 11) is 0. The Morgan fingerprint density at radius 3 is 1.75 bits per heavy atom. The van der Waals surface area contributed by atoms with E-state index in [0.717, 1.165) is 11.3 Å². The Bertz CT molecular complexity index is 1730. The van der Waals surface area contributed by atoms with Gasteiger partial charge in [0.1, 0.15) is 11.6 Å². The molecule has 180 valence electrons. The summed E-state index contributed by atoms with van der Waals surface area (Å²) < 4.78 is 1.78. The summed E-state index contributed by atoms with van der Waals surface area (Å²) in [4.78, 5) is 37.1. The predicted molar refractivity (Wildman–Crippen MR) is 143 cm³/mol. The smallest absolute Gasteiger partial charge is 0.257 e. The van der Waals surface area contributed by atoms with Gasteiger partial charge in [-0.05, 0) is 36.6 Å². The van der Waals surface area contributed by atoms with E-state index in [4.69, 9.17) is 41.0 Å². The van der Waals surface area contributed by atoms with Gasteiger partial charge >= 0.3 is 0 Å². The highest BCUT2D eigenvalue weighted by molar-refractivity contribution is 7.71. The molecule has 0 spiro atoms. The van der Waals surface area contributed by atoms with E-state index in [-0.39, 0.29) is 32.3 Å². The molecule has 0 saturated carbocycles. The Morgan fingerprint density at radius 2 is 1.25 bits per heavy atom. The zero-order valence-electron chi connectivity index (χ0n) is 18.6. The number of anilines is 2. The molecule has 10 nitrogen and oxygen atoms in total. The monoisotopic (exact) mass is 516 g/mol. The molecular weight excluding hydrogens is 496 g/mol. The lowest BCUT2D eigenvalue weighted by Crippen LogP contribution is -2.28. The summed E-state index contributed by atoms with van der Waals surface area (Å²) in [6.07, 6.45) is 1.75. The number of nitrogens with zero attached hydrogens (tertiary/aromatic N) is 2. The highest BCUT2D eigenvalue weighted by Crippen LogP contribution is 2.38. The maximum Gasteiger partial charge on any atom is 0.257 e. The minimum Gasteiger partial charge on any atom is -0.385 e. The van der Waals surface area contributed by atoms with E-state index >= 15 is 0 Å². The van der Waals surface area contributed by atoms with E-state index in [9.17, 15) is 9.59 Å². The van der Waals surface area contributed by atoms with Crippen LogP contribution in [-0.2, 0) is 0 Å². The molecule has 5 rings (SSSR count). The highest BCUT2D eigenvalue weighted by Gasteiger charge is 2.32. The van der Waals surface area contributed by atoms with Gasteiger partial charge in [-0.3, -0.25) is 19.6 Å². The fourth-order valence-corrected chi connectivity index (χ4v) is 4.59. The summed E-state index contributed by atoms with van der Waals surface area (Å²) >= 11 is 10.2. The Morgan fingerprint density at radius 1 is 0.750 bits per heavy atom. The van der Waals surface area contributed by atoms with Crippen molar-refractivity contribution in [3.8, 4) is 16.9 Å². The average molecular weight is 517 g/mol.